The zero-order valence-corrected chi connectivity index (χ0v) is 6.40. The third kappa shape index (κ3) is 7.87. The van der Waals surface area contributed by atoms with Gasteiger partial charge in [0.2, 0.25) is 0 Å². The van der Waals surface area contributed by atoms with Gasteiger partial charge >= 0.3 is 0 Å². The van der Waals surface area contributed by atoms with Gasteiger partial charge in [0.05, 0.1) is 0 Å². The van der Waals surface area contributed by atoms with Gasteiger partial charge in [-0.2, -0.15) is 8.42 Å². The molecule has 0 aromatic carbocycles. The molecular formula is C4H12N2O2S. The summed E-state index contributed by atoms with van der Waals surface area (Å²) >= 11 is 0. The first-order valence-electron chi connectivity index (χ1n) is 2.69. The van der Waals surface area contributed by atoms with E-state index in [1.807, 2.05) is 13.8 Å². The van der Waals surface area contributed by atoms with Crippen molar-refractivity contribution in [3.05, 3.63) is 0 Å². The van der Waals surface area contributed by atoms with Crippen LogP contribution in [-0.4, -0.2) is 15.0 Å². The third-order valence-electron chi connectivity index (χ3n) is 0.693. The summed E-state index contributed by atoms with van der Waals surface area (Å²) in [5.41, 5.74) is 0. The minimum Gasteiger partial charge on any atom is -0.216 e. The zero-order valence-electron chi connectivity index (χ0n) is 5.59. The molecule has 0 fully saturated rings. The first-order valence-corrected chi connectivity index (χ1v) is 4.24. The molecule has 3 N–H and O–H groups in total. The van der Waals surface area contributed by atoms with Crippen molar-refractivity contribution in [1.29, 1.82) is 0 Å². The lowest BCUT2D eigenvalue weighted by Gasteiger charge is -2.02. The maximum atomic E-state index is 10.2. The Morgan fingerprint density at radius 1 is 1.56 bits per heavy atom. The second-order valence-corrected chi connectivity index (χ2v) is 3.67. The molecule has 0 atom stereocenters. The number of nitrogens with two attached hydrogens (primary N) is 1. The van der Waals surface area contributed by atoms with E-state index in [0.717, 1.165) is 0 Å². The number of nitrogens with one attached hydrogen (secondary N) is 1. The molecule has 0 saturated carbocycles. The van der Waals surface area contributed by atoms with E-state index in [1.54, 1.807) is 0 Å². The van der Waals surface area contributed by atoms with Gasteiger partial charge in [0, 0.05) is 6.54 Å². The Bertz CT molecular complexity index is 161. The quantitative estimate of drug-likeness (QED) is 0.568. The molecule has 0 aromatic heterocycles. The van der Waals surface area contributed by atoms with E-state index in [0.29, 0.717) is 12.5 Å². The number of rotatable bonds is 3. The lowest BCUT2D eigenvalue weighted by atomic mass is 10.2. The lowest BCUT2D eigenvalue weighted by Crippen LogP contribution is -2.33. The fourth-order valence-corrected chi connectivity index (χ4v) is 0.848. The van der Waals surface area contributed by atoms with Gasteiger partial charge < -0.3 is 0 Å². The summed E-state index contributed by atoms with van der Waals surface area (Å²) in [5, 5.41) is 4.64. The lowest BCUT2D eigenvalue weighted by molar-refractivity contribution is 0.561. The van der Waals surface area contributed by atoms with Gasteiger partial charge in [-0.05, 0) is 5.92 Å². The summed E-state index contributed by atoms with van der Waals surface area (Å²) in [6, 6.07) is 0. The Morgan fingerprint density at radius 2 is 2.00 bits per heavy atom. The second kappa shape index (κ2) is 3.14. The van der Waals surface area contributed by atoms with Crippen LogP contribution in [0.1, 0.15) is 13.8 Å². The monoisotopic (exact) mass is 152 g/mol. The Kier molecular flexibility index (Phi) is 3.10. The van der Waals surface area contributed by atoms with E-state index in [2.05, 4.69) is 9.86 Å². The summed E-state index contributed by atoms with van der Waals surface area (Å²) in [5.74, 6) is 0.295. The van der Waals surface area contributed by atoms with Crippen LogP contribution in [0, 0.1) is 5.92 Å². The summed E-state index contributed by atoms with van der Waals surface area (Å²) in [7, 11) is -3.47. The maximum absolute atomic E-state index is 10.2. The van der Waals surface area contributed by atoms with Crippen LogP contribution in [0.4, 0.5) is 0 Å². The molecule has 0 aromatic rings. The van der Waals surface area contributed by atoms with Crippen molar-refractivity contribution in [1.82, 2.24) is 4.72 Å². The van der Waals surface area contributed by atoms with Gasteiger partial charge in [-0.25, -0.2) is 9.86 Å². The third-order valence-corrected chi connectivity index (χ3v) is 1.26. The van der Waals surface area contributed by atoms with Crippen LogP contribution in [0.5, 0.6) is 0 Å². The van der Waals surface area contributed by atoms with E-state index in [9.17, 15) is 8.42 Å². The summed E-state index contributed by atoms with van der Waals surface area (Å²) in [6.07, 6.45) is 0. The average Bonchev–Trinajstić information content (AvgIpc) is 1.59. The Balaban J connectivity index is 3.53. The van der Waals surface area contributed by atoms with Crippen LogP contribution < -0.4 is 9.86 Å². The molecular weight excluding hydrogens is 140 g/mol. The maximum Gasteiger partial charge on any atom is 0.274 e. The molecule has 4 nitrogen and oxygen atoms in total. The van der Waals surface area contributed by atoms with E-state index in [-0.39, 0.29) is 0 Å². The fraction of sp³-hybridized carbons (Fsp3) is 1.00. The minimum absolute atomic E-state index is 0.295. The van der Waals surface area contributed by atoms with Gasteiger partial charge in [-0.15, -0.1) is 0 Å². The molecule has 0 aliphatic carbocycles. The predicted octanol–water partition coefficient (Wildman–Crippen LogP) is -0.564. The molecule has 0 bridgehead atoms. The molecule has 9 heavy (non-hydrogen) atoms. The highest BCUT2D eigenvalue weighted by atomic mass is 32.2. The predicted molar refractivity (Wildman–Crippen MR) is 35.9 cm³/mol. The first-order chi connectivity index (χ1) is 3.92. The molecule has 0 amide bonds. The van der Waals surface area contributed by atoms with Crippen molar-refractivity contribution in [3.8, 4) is 0 Å². The van der Waals surface area contributed by atoms with Crippen LogP contribution in [0.15, 0.2) is 0 Å². The molecule has 5 heteroatoms. The SMILES string of the molecule is CC(C)CNS(N)(=O)=O. The van der Waals surface area contributed by atoms with Gasteiger partial charge in [-0.3, -0.25) is 0 Å². The Morgan fingerprint density at radius 3 is 2.11 bits per heavy atom. The molecule has 0 aliphatic heterocycles. The van der Waals surface area contributed by atoms with Crippen LogP contribution in [-0.2, 0) is 10.2 Å². The van der Waals surface area contributed by atoms with Crippen molar-refractivity contribution in [2.75, 3.05) is 6.54 Å². The normalized spacial score (nSPS) is 12.4. The fourth-order valence-electron chi connectivity index (χ4n) is 0.283. The van der Waals surface area contributed by atoms with E-state index in [1.165, 1.54) is 0 Å². The van der Waals surface area contributed by atoms with Crippen LogP contribution in [0.25, 0.3) is 0 Å². The molecule has 0 heterocycles. The highest BCUT2D eigenvalue weighted by Gasteiger charge is 2.00. The minimum atomic E-state index is -3.47. The van der Waals surface area contributed by atoms with Gasteiger partial charge in [0.1, 0.15) is 0 Å². The first kappa shape index (κ1) is 8.87. The molecule has 0 spiro atoms. The van der Waals surface area contributed by atoms with Gasteiger partial charge in [0.15, 0.2) is 0 Å². The molecule has 0 radical (unpaired) electrons. The highest BCUT2D eigenvalue weighted by molar-refractivity contribution is 7.87. The van der Waals surface area contributed by atoms with Crippen LogP contribution >= 0.6 is 0 Å². The van der Waals surface area contributed by atoms with Crippen LogP contribution in [0.3, 0.4) is 0 Å². The van der Waals surface area contributed by atoms with Crippen molar-refractivity contribution in [2.24, 2.45) is 11.1 Å². The standard InChI is InChI=1S/C4H12N2O2S/c1-4(2)3-6-9(5,7)8/h4,6H,3H2,1-2H3,(H2,5,7,8). The molecule has 0 unspecified atom stereocenters. The van der Waals surface area contributed by atoms with E-state index < -0.39 is 10.2 Å². The summed E-state index contributed by atoms with van der Waals surface area (Å²) < 4.78 is 22.6. The Labute approximate surface area is 55.6 Å². The topological polar surface area (TPSA) is 72.2 Å². The van der Waals surface area contributed by atoms with Crippen molar-refractivity contribution in [2.45, 2.75) is 13.8 Å². The summed E-state index contributed by atoms with van der Waals surface area (Å²) in [6.45, 7) is 4.20. The van der Waals surface area contributed by atoms with E-state index in [4.69, 9.17) is 0 Å². The average molecular weight is 152 g/mol. The number of hydrogen-bond donors (Lipinski definition) is 2. The van der Waals surface area contributed by atoms with E-state index >= 15 is 0 Å². The van der Waals surface area contributed by atoms with Gasteiger partial charge in [-0.1, -0.05) is 13.8 Å². The molecule has 0 rings (SSSR count). The molecule has 0 aliphatic rings. The number of hydrogen-bond acceptors (Lipinski definition) is 2. The van der Waals surface area contributed by atoms with Crippen molar-refractivity contribution in [3.63, 3.8) is 0 Å². The Hall–Kier alpha value is -0.130. The zero-order chi connectivity index (χ0) is 7.49. The van der Waals surface area contributed by atoms with Gasteiger partial charge in [0.25, 0.3) is 10.2 Å². The molecule has 56 valence electrons. The van der Waals surface area contributed by atoms with Crippen molar-refractivity contribution < 1.29 is 8.42 Å². The highest BCUT2D eigenvalue weighted by Crippen LogP contribution is 1.86. The second-order valence-electron chi connectivity index (χ2n) is 2.29. The molecule has 0 saturated heterocycles. The summed E-state index contributed by atoms with van der Waals surface area (Å²) in [4.78, 5) is 0. The van der Waals surface area contributed by atoms with Crippen molar-refractivity contribution >= 4 is 10.2 Å². The largest absolute Gasteiger partial charge is 0.274 e. The smallest absolute Gasteiger partial charge is 0.216 e. The van der Waals surface area contributed by atoms with Crippen LogP contribution in [0.2, 0.25) is 0 Å².